The summed E-state index contributed by atoms with van der Waals surface area (Å²) in [5.74, 6) is -1.03. The van der Waals surface area contributed by atoms with E-state index in [1.54, 1.807) is 25.3 Å². The number of halogens is 2. The molecule has 2 aromatic carbocycles. The van der Waals surface area contributed by atoms with Gasteiger partial charge in [-0.25, -0.2) is 9.37 Å². The highest BCUT2D eigenvalue weighted by Gasteiger charge is 2.34. The lowest BCUT2D eigenvalue weighted by Crippen LogP contribution is -2.53. The number of benzene rings is 2. The summed E-state index contributed by atoms with van der Waals surface area (Å²) in [6, 6.07) is 9.96. The molecule has 1 aliphatic heterocycles. The number of nitrogens with zero attached hydrogens (tertiary/aromatic N) is 4. The van der Waals surface area contributed by atoms with Crippen LogP contribution in [0.4, 0.5) is 4.39 Å². The SMILES string of the molecule is Cc1ncc(C(Cc2ccc(C#N)c(F)c2)N2CCN(C(=O)c3cc(OS(C)(=O)=O)ccc3Br)C(=O)C2)[nH]1. The van der Waals surface area contributed by atoms with Crippen molar-refractivity contribution in [1.82, 2.24) is 19.8 Å². The number of H-pyrrole nitrogens is 1. The fraction of sp³-hybridized carbons (Fsp3) is 0.280. The molecule has 10 nitrogen and oxygen atoms in total. The van der Waals surface area contributed by atoms with Crippen molar-refractivity contribution in [3.8, 4) is 11.8 Å². The van der Waals surface area contributed by atoms with Crippen molar-refractivity contribution in [3.63, 3.8) is 0 Å². The average molecular weight is 604 g/mol. The van der Waals surface area contributed by atoms with E-state index in [2.05, 4.69) is 25.9 Å². The second-order valence-corrected chi connectivity index (χ2v) is 11.2. The van der Waals surface area contributed by atoms with Gasteiger partial charge in [-0.1, -0.05) is 6.07 Å². The van der Waals surface area contributed by atoms with Crippen LogP contribution in [0.5, 0.6) is 5.75 Å². The first-order valence-electron chi connectivity index (χ1n) is 11.4. The van der Waals surface area contributed by atoms with E-state index in [0.717, 1.165) is 16.8 Å². The van der Waals surface area contributed by atoms with E-state index in [4.69, 9.17) is 9.44 Å². The molecule has 1 N–H and O–H groups in total. The molecule has 1 saturated heterocycles. The monoisotopic (exact) mass is 603 g/mol. The van der Waals surface area contributed by atoms with Gasteiger partial charge in [0, 0.05) is 23.8 Å². The molecule has 1 aliphatic rings. The first-order valence-corrected chi connectivity index (χ1v) is 14.0. The first kappa shape index (κ1) is 27.4. The minimum Gasteiger partial charge on any atom is -0.383 e. The summed E-state index contributed by atoms with van der Waals surface area (Å²) < 4.78 is 42.5. The molecule has 0 radical (unpaired) electrons. The third kappa shape index (κ3) is 6.27. The number of hydrogen-bond donors (Lipinski definition) is 1. The number of aryl methyl sites for hydroxylation is 1. The van der Waals surface area contributed by atoms with Gasteiger partial charge in [0.05, 0.1) is 35.7 Å². The molecule has 0 saturated carbocycles. The van der Waals surface area contributed by atoms with Gasteiger partial charge in [-0.2, -0.15) is 13.7 Å². The molecule has 0 spiro atoms. The van der Waals surface area contributed by atoms with E-state index < -0.39 is 27.7 Å². The number of imide groups is 1. The lowest BCUT2D eigenvalue weighted by molar-refractivity contribution is -0.134. The van der Waals surface area contributed by atoms with Gasteiger partial charge in [0.2, 0.25) is 5.91 Å². The summed E-state index contributed by atoms with van der Waals surface area (Å²) in [6.07, 6.45) is 2.89. The largest absolute Gasteiger partial charge is 0.383 e. The van der Waals surface area contributed by atoms with Crippen LogP contribution in [0.1, 0.15) is 39.0 Å². The third-order valence-corrected chi connectivity index (χ3v) is 7.20. The molecular weight excluding hydrogens is 581 g/mol. The highest BCUT2D eigenvalue weighted by atomic mass is 79.9. The van der Waals surface area contributed by atoms with E-state index in [1.807, 2.05) is 4.90 Å². The van der Waals surface area contributed by atoms with Crippen molar-refractivity contribution in [3.05, 3.63) is 81.1 Å². The van der Waals surface area contributed by atoms with Gasteiger partial charge in [-0.3, -0.25) is 19.4 Å². The fourth-order valence-corrected chi connectivity index (χ4v) is 5.13. The molecule has 0 aliphatic carbocycles. The molecule has 13 heteroatoms. The maximum Gasteiger partial charge on any atom is 0.306 e. The third-order valence-electron chi connectivity index (χ3n) is 6.02. The number of nitrogens with one attached hydrogen (secondary N) is 1. The van der Waals surface area contributed by atoms with E-state index in [0.29, 0.717) is 28.8 Å². The Labute approximate surface area is 227 Å². The van der Waals surface area contributed by atoms with Crippen LogP contribution in [0.3, 0.4) is 0 Å². The molecule has 0 bridgehead atoms. The van der Waals surface area contributed by atoms with Crippen molar-refractivity contribution >= 4 is 37.9 Å². The van der Waals surface area contributed by atoms with Crippen molar-refractivity contribution < 1.29 is 26.6 Å². The maximum absolute atomic E-state index is 14.3. The van der Waals surface area contributed by atoms with Crippen LogP contribution in [0.25, 0.3) is 0 Å². The summed E-state index contributed by atoms with van der Waals surface area (Å²) in [5.41, 5.74) is 1.40. The zero-order chi connectivity index (χ0) is 27.6. The van der Waals surface area contributed by atoms with Gasteiger partial charge in [-0.15, -0.1) is 0 Å². The number of amides is 2. The van der Waals surface area contributed by atoms with E-state index >= 15 is 0 Å². The van der Waals surface area contributed by atoms with E-state index in [-0.39, 0.29) is 36.0 Å². The van der Waals surface area contributed by atoms with Crippen LogP contribution in [0.15, 0.2) is 47.1 Å². The zero-order valence-corrected chi connectivity index (χ0v) is 22.8. The van der Waals surface area contributed by atoms with Gasteiger partial charge < -0.3 is 9.17 Å². The zero-order valence-electron chi connectivity index (χ0n) is 20.4. The molecule has 3 aromatic rings. The molecule has 1 unspecified atom stereocenters. The lowest BCUT2D eigenvalue weighted by Gasteiger charge is -2.37. The number of aromatic nitrogens is 2. The Morgan fingerprint density at radius 1 is 1.29 bits per heavy atom. The molecule has 1 atom stereocenters. The van der Waals surface area contributed by atoms with Gasteiger partial charge in [0.1, 0.15) is 23.5 Å². The summed E-state index contributed by atoms with van der Waals surface area (Å²) >= 11 is 3.28. The Morgan fingerprint density at radius 2 is 2.05 bits per heavy atom. The number of imidazole rings is 1. The highest BCUT2D eigenvalue weighted by Crippen LogP contribution is 2.29. The molecule has 4 rings (SSSR count). The predicted molar refractivity (Wildman–Crippen MR) is 138 cm³/mol. The van der Waals surface area contributed by atoms with Gasteiger partial charge in [0.25, 0.3) is 5.91 Å². The minimum absolute atomic E-state index is 0.0468. The maximum atomic E-state index is 14.3. The molecular formula is C25H23BrFN5O5S. The Kier molecular flexibility index (Phi) is 7.96. The van der Waals surface area contributed by atoms with E-state index in [9.17, 15) is 22.4 Å². The molecule has 198 valence electrons. The number of nitriles is 1. The number of carbonyl (C=O) groups is 2. The van der Waals surface area contributed by atoms with Crippen LogP contribution >= 0.6 is 15.9 Å². The summed E-state index contributed by atoms with van der Waals surface area (Å²) in [7, 11) is -3.80. The quantitative estimate of drug-likeness (QED) is 0.321. The molecule has 38 heavy (non-hydrogen) atoms. The Morgan fingerprint density at radius 3 is 2.66 bits per heavy atom. The standard InChI is InChI=1S/C25H23BrFN5O5S/c1-15-29-13-22(30-15)23(10-16-3-4-17(12-28)21(27)9-16)31-7-8-32(24(33)14-31)25(34)19-11-18(5-6-20(19)26)37-38(2,35)36/h3-6,9,11,13,23H,7-8,10,14H2,1-2H3,(H,29,30). The van der Waals surface area contributed by atoms with Crippen molar-refractivity contribution in [2.45, 2.75) is 19.4 Å². The molecule has 2 heterocycles. The molecule has 2 amide bonds. The van der Waals surface area contributed by atoms with Crippen molar-refractivity contribution in [2.75, 3.05) is 25.9 Å². The van der Waals surface area contributed by atoms with Crippen LogP contribution in [-0.4, -0.2) is 65.9 Å². The normalized spacial score (nSPS) is 15.2. The van der Waals surface area contributed by atoms with Crippen LogP contribution < -0.4 is 4.18 Å². The van der Waals surface area contributed by atoms with E-state index in [1.165, 1.54) is 30.3 Å². The number of piperazine rings is 1. The van der Waals surface area contributed by atoms with Crippen molar-refractivity contribution in [1.29, 1.82) is 5.26 Å². The number of aromatic amines is 1. The van der Waals surface area contributed by atoms with Gasteiger partial charge >= 0.3 is 10.1 Å². The Balaban J connectivity index is 1.55. The summed E-state index contributed by atoms with van der Waals surface area (Å²) in [4.78, 5) is 36.9. The van der Waals surface area contributed by atoms with Gasteiger partial charge in [-0.05, 0) is 65.2 Å². The molecule has 1 fully saturated rings. The van der Waals surface area contributed by atoms with Crippen molar-refractivity contribution in [2.24, 2.45) is 0 Å². The van der Waals surface area contributed by atoms with Crippen LogP contribution in [0.2, 0.25) is 0 Å². The second kappa shape index (κ2) is 11.0. The number of rotatable bonds is 7. The first-order chi connectivity index (χ1) is 17.9. The molecule has 1 aromatic heterocycles. The smallest absolute Gasteiger partial charge is 0.306 e. The Bertz CT molecular complexity index is 1550. The number of carbonyl (C=O) groups excluding carboxylic acids is 2. The lowest BCUT2D eigenvalue weighted by atomic mass is 10.00. The van der Waals surface area contributed by atoms with Gasteiger partial charge in [0.15, 0.2) is 0 Å². The Hall–Kier alpha value is -3.60. The average Bonchev–Trinajstić information content (AvgIpc) is 3.28. The fourth-order valence-electron chi connectivity index (χ4n) is 4.26. The summed E-state index contributed by atoms with van der Waals surface area (Å²) in [6.45, 7) is 2.11. The number of hydrogen-bond acceptors (Lipinski definition) is 8. The minimum atomic E-state index is -3.80. The predicted octanol–water partition coefficient (Wildman–Crippen LogP) is 3.10. The van der Waals surface area contributed by atoms with Crippen LogP contribution in [-0.2, 0) is 21.3 Å². The van der Waals surface area contributed by atoms with Crippen LogP contribution in [0, 0.1) is 24.1 Å². The topological polar surface area (TPSA) is 136 Å². The summed E-state index contributed by atoms with van der Waals surface area (Å²) in [5, 5.41) is 9.02. The highest BCUT2D eigenvalue weighted by molar-refractivity contribution is 9.10. The second-order valence-electron chi connectivity index (χ2n) is 8.82.